The molecule has 0 aromatic heterocycles. The molecule has 1 heterocycles. The second kappa shape index (κ2) is 8.42. The Morgan fingerprint density at radius 1 is 1.07 bits per heavy atom. The van der Waals surface area contributed by atoms with Crippen molar-refractivity contribution in [3.05, 3.63) is 53.1 Å². The van der Waals surface area contributed by atoms with Gasteiger partial charge in [-0.15, -0.1) is 0 Å². The molecule has 6 nitrogen and oxygen atoms in total. The zero-order valence-electron chi connectivity index (χ0n) is 17.9. The van der Waals surface area contributed by atoms with Crippen LogP contribution in [0.25, 0.3) is 0 Å². The van der Waals surface area contributed by atoms with Crippen molar-refractivity contribution in [2.45, 2.75) is 52.4 Å². The van der Waals surface area contributed by atoms with Gasteiger partial charge in [-0.25, -0.2) is 8.42 Å². The van der Waals surface area contributed by atoms with Gasteiger partial charge in [-0.05, 0) is 69.9 Å². The zero-order chi connectivity index (χ0) is 22.2. The Balaban J connectivity index is 1.91. The van der Waals surface area contributed by atoms with Gasteiger partial charge in [0.15, 0.2) is 0 Å². The van der Waals surface area contributed by atoms with Crippen LogP contribution in [-0.2, 0) is 25.9 Å². The Morgan fingerprint density at radius 2 is 1.73 bits per heavy atom. The summed E-state index contributed by atoms with van der Waals surface area (Å²) < 4.78 is 45.0. The van der Waals surface area contributed by atoms with Gasteiger partial charge in [-0.3, -0.25) is 4.72 Å². The summed E-state index contributed by atoms with van der Waals surface area (Å²) >= 11 is 6.05. The molecular weight excluding hydrogens is 425 g/mol. The predicted molar refractivity (Wildman–Crippen MR) is 121 cm³/mol. The van der Waals surface area contributed by atoms with Crippen LogP contribution in [0.5, 0.6) is 5.75 Å². The third-order valence-corrected chi connectivity index (χ3v) is 6.99. The van der Waals surface area contributed by atoms with Crippen LogP contribution >= 0.6 is 11.6 Å². The van der Waals surface area contributed by atoms with E-state index in [1.807, 2.05) is 39.8 Å². The molecular formula is C21H27BClNO5S. The van der Waals surface area contributed by atoms with E-state index in [1.54, 1.807) is 37.3 Å². The average Bonchev–Trinajstić information content (AvgIpc) is 2.88. The van der Waals surface area contributed by atoms with Gasteiger partial charge in [0, 0.05) is 5.02 Å². The van der Waals surface area contributed by atoms with Crippen LogP contribution in [0.1, 0.15) is 40.2 Å². The molecule has 0 amide bonds. The largest absolute Gasteiger partial charge is 0.494 e. The highest BCUT2D eigenvalue weighted by molar-refractivity contribution is 7.92. The Kier molecular flexibility index (Phi) is 6.44. The minimum atomic E-state index is -3.47. The molecule has 9 heteroatoms. The summed E-state index contributed by atoms with van der Waals surface area (Å²) in [6.45, 7) is 9.73. The van der Waals surface area contributed by atoms with E-state index >= 15 is 0 Å². The van der Waals surface area contributed by atoms with Crippen LogP contribution in [0.4, 0.5) is 5.69 Å². The summed E-state index contributed by atoms with van der Waals surface area (Å²) in [5, 5.41) is 0.606. The van der Waals surface area contributed by atoms with Crippen LogP contribution in [0.15, 0.2) is 42.5 Å². The molecule has 1 N–H and O–H groups in total. The number of ether oxygens (including phenoxy) is 1. The lowest BCUT2D eigenvalue weighted by Gasteiger charge is -2.32. The number of sulfonamides is 1. The molecule has 0 aliphatic carbocycles. The number of anilines is 1. The van der Waals surface area contributed by atoms with E-state index in [-0.39, 0.29) is 12.4 Å². The number of rotatable bonds is 7. The first kappa shape index (κ1) is 22.9. The SMILES string of the molecule is CCS(=O)(=O)Nc1ccc(B2OC(C)(C)C(C)(C)O2)cc1OCc1cccc(Cl)c1. The van der Waals surface area contributed by atoms with E-state index in [0.29, 0.717) is 16.5 Å². The van der Waals surface area contributed by atoms with Crippen molar-refractivity contribution >= 4 is 39.9 Å². The second-order valence-corrected chi connectivity index (χ2v) is 10.7. The van der Waals surface area contributed by atoms with E-state index in [0.717, 1.165) is 11.0 Å². The molecule has 162 valence electrons. The fourth-order valence-electron chi connectivity index (χ4n) is 2.90. The van der Waals surface area contributed by atoms with Gasteiger partial charge in [0.05, 0.1) is 22.6 Å². The quantitative estimate of drug-likeness (QED) is 0.645. The topological polar surface area (TPSA) is 73.9 Å². The summed E-state index contributed by atoms with van der Waals surface area (Å²) in [5.41, 5.74) is 1.00. The Hall–Kier alpha value is -1.74. The first-order chi connectivity index (χ1) is 13.9. The Labute approximate surface area is 184 Å². The molecule has 1 saturated heterocycles. The van der Waals surface area contributed by atoms with Crippen LogP contribution in [0, 0.1) is 0 Å². The maximum Gasteiger partial charge on any atom is 0.494 e. The van der Waals surface area contributed by atoms with Gasteiger partial charge < -0.3 is 14.0 Å². The summed E-state index contributed by atoms with van der Waals surface area (Å²) in [4.78, 5) is 0. The normalized spacial score (nSPS) is 17.7. The van der Waals surface area contributed by atoms with Crippen LogP contribution in [0.3, 0.4) is 0 Å². The number of hydrogen-bond donors (Lipinski definition) is 1. The van der Waals surface area contributed by atoms with E-state index in [4.69, 9.17) is 25.6 Å². The molecule has 30 heavy (non-hydrogen) atoms. The summed E-state index contributed by atoms with van der Waals surface area (Å²) in [5.74, 6) is 0.346. The van der Waals surface area contributed by atoms with Crippen molar-refractivity contribution in [3.8, 4) is 5.75 Å². The number of hydrogen-bond acceptors (Lipinski definition) is 5. The summed E-state index contributed by atoms with van der Waals surface area (Å²) in [6.07, 6.45) is 0. The molecule has 0 atom stereocenters. The van der Waals surface area contributed by atoms with E-state index < -0.39 is 28.3 Å². The maximum atomic E-state index is 12.1. The minimum Gasteiger partial charge on any atom is -0.487 e. The monoisotopic (exact) mass is 451 g/mol. The molecule has 1 aliphatic heterocycles. The lowest BCUT2D eigenvalue weighted by Crippen LogP contribution is -2.41. The third kappa shape index (κ3) is 5.11. The van der Waals surface area contributed by atoms with Crippen molar-refractivity contribution in [2.24, 2.45) is 0 Å². The Morgan fingerprint density at radius 3 is 2.33 bits per heavy atom. The van der Waals surface area contributed by atoms with Crippen molar-refractivity contribution in [3.63, 3.8) is 0 Å². The smallest absolute Gasteiger partial charge is 0.487 e. The summed E-state index contributed by atoms with van der Waals surface area (Å²) in [6, 6.07) is 12.5. The van der Waals surface area contributed by atoms with E-state index in [9.17, 15) is 8.42 Å². The number of nitrogens with one attached hydrogen (secondary N) is 1. The van der Waals surface area contributed by atoms with Gasteiger partial charge in [0.2, 0.25) is 10.0 Å². The molecule has 3 rings (SSSR count). The van der Waals surface area contributed by atoms with Crippen LogP contribution in [0.2, 0.25) is 5.02 Å². The molecule has 0 spiro atoms. The summed E-state index contributed by atoms with van der Waals surface area (Å²) in [7, 11) is -4.05. The van der Waals surface area contributed by atoms with Gasteiger partial charge in [0.25, 0.3) is 0 Å². The standard InChI is InChI=1S/C21H27BClNO5S/c1-6-30(25,26)24-18-11-10-16(22-28-20(2,3)21(4,5)29-22)13-19(18)27-14-15-8-7-9-17(23)12-15/h7-13,24H,6,14H2,1-5H3. The lowest BCUT2D eigenvalue weighted by atomic mass is 9.79. The van der Waals surface area contributed by atoms with Crippen molar-refractivity contribution in [1.29, 1.82) is 0 Å². The lowest BCUT2D eigenvalue weighted by molar-refractivity contribution is 0.00578. The van der Waals surface area contributed by atoms with Gasteiger partial charge in [0.1, 0.15) is 12.4 Å². The van der Waals surface area contributed by atoms with Crippen molar-refractivity contribution in [1.82, 2.24) is 0 Å². The Bertz CT molecular complexity index is 1010. The highest BCUT2D eigenvalue weighted by Crippen LogP contribution is 2.37. The average molecular weight is 452 g/mol. The number of benzene rings is 2. The minimum absolute atomic E-state index is 0.0420. The van der Waals surface area contributed by atoms with Crippen molar-refractivity contribution in [2.75, 3.05) is 10.5 Å². The fourth-order valence-corrected chi connectivity index (χ4v) is 3.76. The molecule has 1 aliphatic rings. The van der Waals surface area contributed by atoms with Gasteiger partial charge in [-0.1, -0.05) is 29.8 Å². The second-order valence-electron chi connectivity index (χ2n) is 8.27. The number of halogens is 1. The van der Waals surface area contributed by atoms with E-state index in [2.05, 4.69) is 4.72 Å². The maximum absolute atomic E-state index is 12.1. The van der Waals surface area contributed by atoms with Gasteiger partial charge in [-0.2, -0.15) is 0 Å². The van der Waals surface area contributed by atoms with Crippen molar-refractivity contribution < 1.29 is 22.5 Å². The predicted octanol–water partition coefficient (Wildman–Crippen LogP) is 3.98. The van der Waals surface area contributed by atoms with E-state index in [1.165, 1.54) is 0 Å². The fraction of sp³-hybridized carbons (Fsp3) is 0.429. The first-order valence-corrected chi connectivity index (χ1v) is 11.8. The van der Waals surface area contributed by atoms with Gasteiger partial charge >= 0.3 is 7.12 Å². The van der Waals surface area contributed by atoms with Crippen LogP contribution in [-0.4, -0.2) is 32.5 Å². The highest BCUT2D eigenvalue weighted by Gasteiger charge is 2.51. The molecule has 1 fully saturated rings. The first-order valence-electron chi connectivity index (χ1n) is 9.80. The molecule has 0 unspecified atom stereocenters. The molecule has 2 aromatic carbocycles. The zero-order valence-corrected chi connectivity index (χ0v) is 19.4. The van der Waals surface area contributed by atoms with Crippen LogP contribution < -0.4 is 14.9 Å². The third-order valence-electron chi connectivity index (χ3n) is 5.46. The molecule has 2 aromatic rings. The highest BCUT2D eigenvalue weighted by atomic mass is 35.5. The molecule has 0 bridgehead atoms. The molecule has 0 radical (unpaired) electrons. The molecule has 0 saturated carbocycles.